The van der Waals surface area contributed by atoms with Gasteiger partial charge in [0.1, 0.15) is 12.2 Å². The molecule has 4 heterocycles. The van der Waals surface area contributed by atoms with Crippen molar-refractivity contribution >= 4 is 11.0 Å². The van der Waals surface area contributed by atoms with Gasteiger partial charge in [-0.3, -0.25) is 4.57 Å². The predicted octanol–water partition coefficient (Wildman–Crippen LogP) is 1.47. The summed E-state index contributed by atoms with van der Waals surface area (Å²) >= 11 is 0. The van der Waals surface area contributed by atoms with Crippen molar-refractivity contribution in [3.63, 3.8) is 0 Å². The lowest BCUT2D eigenvalue weighted by molar-refractivity contribution is 0.0139. The lowest BCUT2D eigenvalue weighted by Crippen LogP contribution is -2.36. The Morgan fingerprint density at radius 3 is 2.10 bits per heavy atom. The van der Waals surface area contributed by atoms with Crippen molar-refractivity contribution in [1.29, 1.82) is 0 Å². The predicted molar refractivity (Wildman–Crippen MR) is 103 cm³/mol. The summed E-state index contributed by atoms with van der Waals surface area (Å²) in [6.07, 6.45) is -3.59. The molecule has 5 rings (SSSR count). The number of hydrogen-bond donors (Lipinski definition) is 2. The zero-order valence-corrected chi connectivity index (χ0v) is 16.1. The van der Waals surface area contributed by atoms with E-state index in [0.717, 1.165) is 13.1 Å². The average molecular weight is 417 g/mol. The molecule has 0 aliphatic carbocycles. The molecule has 11 heteroatoms. The number of benzene rings is 1. The summed E-state index contributed by atoms with van der Waals surface area (Å²) in [6, 6.07) is 6.92. The standard InChI is InChI=1S/C19H21F2N7O2/c20-15(21)18-24-11-3-1-2-4-12(11)28(18)19-26-16(13-9-22-5-7-29-13)25-17(27-19)14-10-23-6-8-30-14/h1-4,13-15,22-23H,5-10H2. The average Bonchev–Trinajstić information content (AvgIpc) is 3.20. The van der Waals surface area contributed by atoms with Gasteiger partial charge in [-0.2, -0.15) is 9.97 Å². The van der Waals surface area contributed by atoms with E-state index in [0.29, 0.717) is 49.0 Å². The Morgan fingerprint density at radius 1 is 0.900 bits per heavy atom. The number of alkyl halides is 2. The second-order valence-electron chi connectivity index (χ2n) is 7.07. The molecule has 0 radical (unpaired) electrons. The van der Waals surface area contributed by atoms with Crippen LogP contribution in [0.1, 0.15) is 36.1 Å². The third-order valence-corrected chi connectivity index (χ3v) is 5.07. The van der Waals surface area contributed by atoms with E-state index in [4.69, 9.17) is 9.47 Å². The molecule has 2 unspecified atom stereocenters. The minimum absolute atomic E-state index is 0.0855. The Bertz CT molecular complexity index is 997. The zero-order valence-electron chi connectivity index (χ0n) is 16.1. The molecule has 9 nitrogen and oxygen atoms in total. The van der Waals surface area contributed by atoms with Gasteiger partial charge in [-0.25, -0.2) is 18.7 Å². The molecule has 2 N–H and O–H groups in total. The molecule has 1 aromatic carbocycles. The molecule has 2 fully saturated rings. The fourth-order valence-corrected chi connectivity index (χ4v) is 3.65. The van der Waals surface area contributed by atoms with E-state index in [9.17, 15) is 8.78 Å². The highest BCUT2D eigenvalue weighted by atomic mass is 19.3. The van der Waals surface area contributed by atoms with Crippen molar-refractivity contribution in [1.82, 2.24) is 35.1 Å². The van der Waals surface area contributed by atoms with Gasteiger partial charge < -0.3 is 20.1 Å². The second kappa shape index (κ2) is 8.26. The number of nitrogens with one attached hydrogen (secondary N) is 2. The van der Waals surface area contributed by atoms with Crippen LogP contribution in [0.25, 0.3) is 17.0 Å². The van der Waals surface area contributed by atoms with Crippen molar-refractivity contribution in [3.8, 4) is 5.95 Å². The van der Waals surface area contributed by atoms with Gasteiger partial charge in [0.2, 0.25) is 5.95 Å². The van der Waals surface area contributed by atoms with Crippen LogP contribution < -0.4 is 10.6 Å². The molecule has 3 aromatic rings. The van der Waals surface area contributed by atoms with E-state index < -0.39 is 24.5 Å². The Labute approximate surface area is 170 Å². The van der Waals surface area contributed by atoms with Gasteiger partial charge in [0, 0.05) is 26.2 Å². The first-order valence-corrected chi connectivity index (χ1v) is 9.87. The Balaban J connectivity index is 1.67. The minimum Gasteiger partial charge on any atom is -0.368 e. The molecule has 2 saturated heterocycles. The summed E-state index contributed by atoms with van der Waals surface area (Å²) in [4.78, 5) is 17.7. The maximum Gasteiger partial charge on any atom is 0.296 e. The molecule has 2 aliphatic rings. The first-order chi connectivity index (χ1) is 14.7. The fourth-order valence-electron chi connectivity index (χ4n) is 3.65. The lowest BCUT2D eigenvalue weighted by atomic mass is 10.2. The van der Waals surface area contributed by atoms with Crippen molar-refractivity contribution in [3.05, 3.63) is 41.7 Å². The third-order valence-electron chi connectivity index (χ3n) is 5.07. The molecule has 0 spiro atoms. The Kier molecular flexibility index (Phi) is 5.34. The highest BCUT2D eigenvalue weighted by Gasteiger charge is 2.28. The van der Waals surface area contributed by atoms with Crippen LogP contribution in [-0.4, -0.2) is 63.9 Å². The summed E-state index contributed by atoms with van der Waals surface area (Å²) in [7, 11) is 0. The minimum atomic E-state index is -2.79. The van der Waals surface area contributed by atoms with Gasteiger partial charge in [-0.05, 0) is 12.1 Å². The van der Waals surface area contributed by atoms with Crippen molar-refractivity contribution in [2.75, 3.05) is 39.4 Å². The number of imidazole rings is 1. The smallest absolute Gasteiger partial charge is 0.296 e. The molecule has 30 heavy (non-hydrogen) atoms. The molecule has 2 atom stereocenters. The van der Waals surface area contributed by atoms with E-state index >= 15 is 0 Å². The Morgan fingerprint density at radius 2 is 1.53 bits per heavy atom. The zero-order chi connectivity index (χ0) is 20.5. The SMILES string of the molecule is FC(F)c1nc2ccccc2n1-c1nc(C2CNCCO2)nc(C2CNCCO2)n1. The number of morpholine rings is 2. The maximum atomic E-state index is 13.8. The van der Waals surface area contributed by atoms with Crippen LogP contribution in [-0.2, 0) is 9.47 Å². The van der Waals surface area contributed by atoms with Crippen molar-refractivity contribution in [2.24, 2.45) is 0 Å². The van der Waals surface area contributed by atoms with Crippen molar-refractivity contribution in [2.45, 2.75) is 18.6 Å². The van der Waals surface area contributed by atoms with Crippen LogP contribution >= 0.6 is 0 Å². The largest absolute Gasteiger partial charge is 0.368 e. The summed E-state index contributed by atoms with van der Waals surface area (Å²) in [5.41, 5.74) is 0.948. The van der Waals surface area contributed by atoms with Crippen LogP contribution in [0.2, 0.25) is 0 Å². The maximum absolute atomic E-state index is 13.8. The van der Waals surface area contributed by atoms with Gasteiger partial charge in [-0.15, -0.1) is 0 Å². The molecule has 0 saturated carbocycles. The monoisotopic (exact) mass is 417 g/mol. The van der Waals surface area contributed by atoms with E-state index in [1.165, 1.54) is 4.57 Å². The van der Waals surface area contributed by atoms with E-state index in [1.807, 2.05) is 0 Å². The number of ether oxygens (including phenoxy) is 2. The van der Waals surface area contributed by atoms with Gasteiger partial charge in [0.25, 0.3) is 6.43 Å². The molecular formula is C19H21F2N7O2. The first-order valence-electron chi connectivity index (χ1n) is 9.87. The quantitative estimate of drug-likeness (QED) is 0.659. The number of nitrogens with zero attached hydrogens (tertiary/aromatic N) is 5. The van der Waals surface area contributed by atoms with E-state index in [-0.39, 0.29) is 5.95 Å². The highest BCUT2D eigenvalue weighted by Crippen LogP contribution is 2.28. The van der Waals surface area contributed by atoms with Gasteiger partial charge in [0.05, 0.1) is 24.2 Å². The summed E-state index contributed by atoms with van der Waals surface area (Å²) in [6.45, 7) is 3.55. The van der Waals surface area contributed by atoms with E-state index in [1.54, 1.807) is 24.3 Å². The second-order valence-corrected chi connectivity index (χ2v) is 7.07. The number of rotatable bonds is 4. The van der Waals surface area contributed by atoms with Crippen LogP contribution in [0.3, 0.4) is 0 Å². The van der Waals surface area contributed by atoms with Crippen LogP contribution in [0, 0.1) is 0 Å². The summed E-state index contributed by atoms with van der Waals surface area (Å²) < 4.78 is 40.6. The summed E-state index contributed by atoms with van der Waals surface area (Å²) in [5, 5.41) is 6.48. The van der Waals surface area contributed by atoms with Gasteiger partial charge in [0.15, 0.2) is 17.5 Å². The molecule has 0 bridgehead atoms. The number of para-hydroxylation sites is 2. The molecule has 0 amide bonds. The van der Waals surface area contributed by atoms with Crippen LogP contribution in [0.15, 0.2) is 24.3 Å². The normalized spacial score (nSPS) is 22.6. The Hall–Kier alpha value is -2.60. The molecule has 2 aromatic heterocycles. The number of aromatic nitrogens is 5. The van der Waals surface area contributed by atoms with Crippen LogP contribution in [0.4, 0.5) is 8.78 Å². The highest BCUT2D eigenvalue weighted by molar-refractivity contribution is 5.77. The topological polar surface area (TPSA) is 99.0 Å². The third kappa shape index (κ3) is 3.65. The molecular weight excluding hydrogens is 396 g/mol. The lowest BCUT2D eigenvalue weighted by Gasteiger charge is -2.26. The number of fused-ring (bicyclic) bond motifs is 1. The number of hydrogen-bond acceptors (Lipinski definition) is 8. The molecule has 2 aliphatic heterocycles. The van der Waals surface area contributed by atoms with Crippen LogP contribution in [0.5, 0.6) is 0 Å². The van der Waals surface area contributed by atoms with E-state index in [2.05, 4.69) is 30.6 Å². The number of halogens is 2. The van der Waals surface area contributed by atoms with Gasteiger partial charge >= 0.3 is 0 Å². The van der Waals surface area contributed by atoms with Crippen molar-refractivity contribution < 1.29 is 18.3 Å². The first kappa shape index (κ1) is 19.4. The van der Waals surface area contributed by atoms with Gasteiger partial charge in [-0.1, -0.05) is 12.1 Å². The molecule has 158 valence electrons. The summed E-state index contributed by atoms with van der Waals surface area (Å²) in [5.74, 6) is 0.441. The fraction of sp³-hybridized carbons (Fsp3) is 0.474.